The van der Waals surface area contributed by atoms with Crippen LogP contribution in [0.4, 0.5) is 13.2 Å². The summed E-state index contributed by atoms with van der Waals surface area (Å²) in [6, 6.07) is 19.7. The number of hydrogen-bond acceptors (Lipinski definition) is 4. The number of morpholine rings is 1. The van der Waals surface area contributed by atoms with Crippen LogP contribution in [0.5, 0.6) is 0 Å². The number of benzene rings is 3. The van der Waals surface area contributed by atoms with Gasteiger partial charge in [-0.2, -0.15) is 13.2 Å². The maximum Gasteiger partial charge on any atom is 0.416 e. The lowest BCUT2D eigenvalue weighted by atomic mass is 9.81. The van der Waals surface area contributed by atoms with Crippen molar-refractivity contribution in [3.63, 3.8) is 0 Å². The minimum absolute atomic E-state index is 0.0480. The first-order valence-corrected chi connectivity index (χ1v) is 16.0. The Kier molecular flexibility index (Phi) is 8.21. The average Bonchev–Trinajstić information content (AvgIpc) is 3.41. The van der Waals surface area contributed by atoms with E-state index in [1.165, 1.54) is 12.5 Å². The van der Waals surface area contributed by atoms with E-state index in [1.807, 2.05) is 34.9 Å². The van der Waals surface area contributed by atoms with Crippen molar-refractivity contribution in [2.75, 3.05) is 26.3 Å². The van der Waals surface area contributed by atoms with Gasteiger partial charge in [0.1, 0.15) is 6.54 Å². The number of pyridine rings is 1. The summed E-state index contributed by atoms with van der Waals surface area (Å²) in [6.07, 6.45) is 0.899. The highest BCUT2D eigenvalue weighted by Gasteiger charge is 2.31. The SMILES string of the molecule is O=C(O)c1ccc2c(C3CCCCC3)c(-c3ccc4nc(-c5cccc(C(F)(F)F)c5)ccc4c3)n(CC(=O)N3CCOCC3)c2c1. The highest BCUT2D eigenvalue weighted by Crippen LogP contribution is 2.45. The van der Waals surface area contributed by atoms with E-state index in [4.69, 9.17) is 9.72 Å². The summed E-state index contributed by atoms with van der Waals surface area (Å²) in [4.78, 5) is 32.3. The molecule has 2 aliphatic rings. The van der Waals surface area contributed by atoms with Crippen molar-refractivity contribution < 1.29 is 32.6 Å². The van der Waals surface area contributed by atoms with Gasteiger partial charge in [-0.3, -0.25) is 4.79 Å². The number of nitrogens with zero attached hydrogens (tertiary/aromatic N) is 3. The summed E-state index contributed by atoms with van der Waals surface area (Å²) in [5, 5.41) is 11.6. The average molecular weight is 642 g/mol. The molecule has 1 aliphatic heterocycles. The lowest BCUT2D eigenvalue weighted by Crippen LogP contribution is -2.42. The van der Waals surface area contributed by atoms with E-state index in [0.717, 1.165) is 65.4 Å². The van der Waals surface area contributed by atoms with Crippen molar-refractivity contribution in [3.05, 3.63) is 89.5 Å². The molecule has 3 heterocycles. The number of aromatic carboxylic acids is 1. The number of hydrogen-bond donors (Lipinski definition) is 1. The quantitative estimate of drug-likeness (QED) is 0.202. The molecule has 5 aromatic rings. The van der Waals surface area contributed by atoms with E-state index in [0.29, 0.717) is 48.6 Å². The summed E-state index contributed by atoms with van der Waals surface area (Å²) in [6.45, 7) is 1.99. The fraction of sp³-hybridized carbons (Fsp3) is 0.324. The van der Waals surface area contributed by atoms with Crippen LogP contribution >= 0.6 is 0 Å². The zero-order chi connectivity index (χ0) is 32.7. The molecule has 1 saturated carbocycles. The van der Waals surface area contributed by atoms with Crippen molar-refractivity contribution >= 4 is 33.7 Å². The van der Waals surface area contributed by atoms with Gasteiger partial charge in [0.2, 0.25) is 5.91 Å². The third-order valence-corrected chi connectivity index (χ3v) is 9.47. The van der Waals surface area contributed by atoms with E-state index < -0.39 is 17.7 Å². The number of ether oxygens (including phenoxy) is 1. The molecule has 1 amide bonds. The van der Waals surface area contributed by atoms with Crippen LogP contribution in [0.3, 0.4) is 0 Å². The molecule has 0 spiro atoms. The Balaban J connectivity index is 1.38. The second-order valence-electron chi connectivity index (χ2n) is 12.4. The Hall–Kier alpha value is -4.70. The first-order valence-electron chi connectivity index (χ1n) is 16.0. The highest BCUT2D eigenvalue weighted by atomic mass is 19.4. The lowest BCUT2D eigenvalue weighted by Gasteiger charge is -2.28. The van der Waals surface area contributed by atoms with Crippen molar-refractivity contribution in [2.45, 2.75) is 50.7 Å². The normalized spacial score (nSPS) is 16.2. The standard InChI is InChI=1S/C37H34F3N3O4/c38-37(39,40)28-8-4-7-24(20-28)30-13-10-25-19-26(11-14-31(25)41-30)35-34(23-5-2-1-3-6-23)29-12-9-27(36(45)46)21-32(29)43(35)22-33(44)42-15-17-47-18-16-42/h4,7-14,19-21,23H,1-3,5-6,15-18,22H2,(H,45,46). The molecule has 0 bridgehead atoms. The highest BCUT2D eigenvalue weighted by molar-refractivity contribution is 6.00. The van der Waals surface area contributed by atoms with Crippen LogP contribution in [0.1, 0.15) is 59.5 Å². The van der Waals surface area contributed by atoms with Gasteiger partial charge in [0, 0.05) is 29.4 Å². The van der Waals surface area contributed by atoms with Gasteiger partial charge in [0.15, 0.2) is 0 Å². The third-order valence-electron chi connectivity index (χ3n) is 9.47. The molecule has 1 N–H and O–H groups in total. The Labute approximate surface area is 269 Å². The fourth-order valence-corrected chi connectivity index (χ4v) is 7.13. The van der Waals surface area contributed by atoms with Crippen LogP contribution in [-0.4, -0.2) is 57.7 Å². The molecule has 47 heavy (non-hydrogen) atoms. The predicted octanol–water partition coefficient (Wildman–Crippen LogP) is 8.15. The molecule has 0 radical (unpaired) electrons. The van der Waals surface area contributed by atoms with Crippen LogP contribution in [0.15, 0.2) is 72.8 Å². The third kappa shape index (κ3) is 6.10. The number of rotatable bonds is 6. The maximum atomic E-state index is 13.7. The van der Waals surface area contributed by atoms with Gasteiger partial charge in [-0.1, -0.05) is 49.6 Å². The maximum absolute atomic E-state index is 13.7. The van der Waals surface area contributed by atoms with Crippen molar-refractivity contribution in [1.29, 1.82) is 0 Å². The zero-order valence-electron chi connectivity index (χ0n) is 25.7. The number of carbonyl (C=O) groups is 2. The number of aromatic nitrogens is 2. The summed E-state index contributed by atoms with van der Waals surface area (Å²) < 4.78 is 47.6. The molecule has 0 unspecified atom stereocenters. The molecule has 0 atom stereocenters. The predicted molar refractivity (Wildman–Crippen MR) is 173 cm³/mol. The Morgan fingerprint density at radius 3 is 2.43 bits per heavy atom. The van der Waals surface area contributed by atoms with Crippen molar-refractivity contribution in [3.8, 4) is 22.5 Å². The fourth-order valence-electron chi connectivity index (χ4n) is 7.13. The van der Waals surface area contributed by atoms with Crippen LogP contribution in [0.25, 0.3) is 44.3 Å². The minimum Gasteiger partial charge on any atom is -0.478 e. The van der Waals surface area contributed by atoms with E-state index >= 15 is 0 Å². The minimum atomic E-state index is -4.45. The first-order chi connectivity index (χ1) is 22.7. The molecular weight excluding hydrogens is 607 g/mol. The second kappa shape index (κ2) is 12.5. The molecule has 2 aromatic heterocycles. The zero-order valence-corrected chi connectivity index (χ0v) is 25.7. The summed E-state index contributed by atoms with van der Waals surface area (Å²) >= 11 is 0. The van der Waals surface area contributed by atoms with Gasteiger partial charge >= 0.3 is 12.1 Å². The van der Waals surface area contributed by atoms with E-state index in [9.17, 15) is 27.9 Å². The van der Waals surface area contributed by atoms with Gasteiger partial charge in [0.05, 0.1) is 46.8 Å². The van der Waals surface area contributed by atoms with E-state index in [1.54, 1.807) is 29.2 Å². The number of carbonyl (C=O) groups excluding carboxylic acids is 1. The lowest BCUT2D eigenvalue weighted by molar-refractivity contribution is -0.137. The summed E-state index contributed by atoms with van der Waals surface area (Å²) in [7, 11) is 0. The number of fused-ring (bicyclic) bond motifs is 2. The number of alkyl halides is 3. The largest absolute Gasteiger partial charge is 0.478 e. The summed E-state index contributed by atoms with van der Waals surface area (Å²) in [5.41, 5.74) is 4.46. The molecule has 7 rings (SSSR count). The van der Waals surface area contributed by atoms with Crippen LogP contribution < -0.4 is 0 Å². The summed E-state index contributed by atoms with van der Waals surface area (Å²) in [5.74, 6) is -0.849. The van der Waals surface area contributed by atoms with Crippen LogP contribution in [-0.2, 0) is 22.3 Å². The molecule has 3 aromatic carbocycles. The first kappa shape index (κ1) is 30.9. The Morgan fingerprint density at radius 1 is 0.894 bits per heavy atom. The Morgan fingerprint density at radius 2 is 1.68 bits per heavy atom. The Bertz CT molecular complexity index is 1990. The molecular formula is C37H34F3N3O4. The smallest absolute Gasteiger partial charge is 0.416 e. The number of carboxylic acids is 1. The molecule has 242 valence electrons. The molecule has 1 aliphatic carbocycles. The van der Waals surface area contributed by atoms with Gasteiger partial charge in [-0.25, -0.2) is 9.78 Å². The van der Waals surface area contributed by atoms with Crippen molar-refractivity contribution in [1.82, 2.24) is 14.5 Å². The number of halogens is 3. The monoisotopic (exact) mass is 641 g/mol. The molecule has 10 heteroatoms. The van der Waals surface area contributed by atoms with Crippen LogP contribution in [0.2, 0.25) is 0 Å². The number of carboxylic acid groups (broad SMARTS) is 1. The van der Waals surface area contributed by atoms with Gasteiger partial charge in [0.25, 0.3) is 0 Å². The number of amides is 1. The van der Waals surface area contributed by atoms with E-state index in [2.05, 4.69) is 0 Å². The van der Waals surface area contributed by atoms with Crippen molar-refractivity contribution in [2.24, 2.45) is 0 Å². The molecule has 1 saturated heterocycles. The van der Waals surface area contributed by atoms with E-state index in [-0.39, 0.29) is 23.9 Å². The molecule has 7 nitrogen and oxygen atoms in total. The van der Waals surface area contributed by atoms with Gasteiger partial charge in [-0.05, 0) is 72.4 Å². The van der Waals surface area contributed by atoms with Crippen LogP contribution in [0, 0.1) is 0 Å². The second-order valence-corrected chi connectivity index (χ2v) is 12.4. The molecule has 2 fully saturated rings. The van der Waals surface area contributed by atoms with Gasteiger partial charge in [-0.15, -0.1) is 0 Å². The van der Waals surface area contributed by atoms with Gasteiger partial charge < -0.3 is 19.3 Å². The topological polar surface area (TPSA) is 84.7 Å².